The Morgan fingerprint density at radius 1 is 1.38 bits per heavy atom. The normalized spacial score (nSPS) is 16.1. The number of nitrogens with zero attached hydrogens (tertiary/aromatic N) is 2. The molecule has 0 bridgehead atoms. The van der Waals surface area contributed by atoms with Gasteiger partial charge < -0.3 is 10.6 Å². The van der Waals surface area contributed by atoms with Crippen molar-refractivity contribution in [2.24, 2.45) is 0 Å². The zero-order valence-electron chi connectivity index (χ0n) is 13.3. The monoisotopic (exact) mass is 382 g/mol. The van der Waals surface area contributed by atoms with Gasteiger partial charge in [-0.05, 0) is 38.0 Å². The molecule has 1 aliphatic rings. The summed E-state index contributed by atoms with van der Waals surface area (Å²) in [5.41, 5.74) is 0.863. The minimum Gasteiger partial charge on any atom is -0.352 e. The lowest BCUT2D eigenvalue weighted by Crippen LogP contribution is -2.37. The van der Waals surface area contributed by atoms with Crippen molar-refractivity contribution in [2.75, 3.05) is 5.32 Å². The number of benzene rings is 1. The number of rotatable bonds is 6. The Hall–Kier alpha value is -1.31. The molecule has 5 nitrogen and oxygen atoms in total. The summed E-state index contributed by atoms with van der Waals surface area (Å²) in [7, 11) is 0. The summed E-state index contributed by atoms with van der Waals surface area (Å²) in [6.07, 6.45) is 4.61. The minimum absolute atomic E-state index is 0.0754. The van der Waals surface area contributed by atoms with Crippen LogP contribution in [-0.4, -0.2) is 27.4 Å². The van der Waals surface area contributed by atoms with Crippen LogP contribution in [0.3, 0.4) is 0 Å². The molecule has 0 spiro atoms. The molecule has 2 N–H and O–H groups in total. The highest BCUT2D eigenvalue weighted by molar-refractivity contribution is 8.02. The summed E-state index contributed by atoms with van der Waals surface area (Å²) in [5.74, 6) is 0.0754. The molecular formula is C16H19ClN4OS2. The number of thioether (sulfide) groups is 1. The van der Waals surface area contributed by atoms with E-state index in [2.05, 4.69) is 20.8 Å². The fourth-order valence-corrected chi connectivity index (χ4v) is 4.71. The van der Waals surface area contributed by atoms with Gasteiger partial charge in [0.2, 0.25) is 11.0 Å². The van der Waals surface area contributed by atoms with E-state index in [4.69, 9.17) is 11.6 Å². The van der Waals surface area contributed by atoms with E-state index in [0.717, 1.165) is 22.9 Å². The van der Waals surface area contributed by atoms with Crippen LogP contribution < -0.4 is 10.6 Å². The first-order valence-electron chi connectivity index (χ1n) is 7.93. The van der Waals surface area contributed by atoms with Crippen molar-refractivity contribution in [3.05, 3.63) is 29.3 Å². The van der Waals surface area contributed by atoms with E-state index in [9.17, 15) is 4.79 Å². The van der Waals surface area contributed by atoms with Crippen molar-refractivity contribution in [1.29, 1.82) is 0 Å². The number of hydrogen-bond acceptors (Lipinski definition) is 6. The summed E-state index contributed by atoms with van der Waals surface area (Å²) in [5, 5.41) is 15.7. The first-order valence-corrected chi connectivity index (χ1v) is 10.0. The van der Waals surface area contributed by atoms with Crippen molar-refractivity contribution < 1.29 is 4.79 Å². The number of halogens is 1. The summed E-state index contributed by atoms with van der Waals surface area (Å²) in [6, 6.07) is 7.77. The van der Waals surface area contributed by atoms with E-state index < -0.39 is 0 Å². The van der Waals surface area contributed by atoms with Crippen LogP contribution in [0.1, 0.15) is 32.6 Å². The molecule has 0 radical (unpaired) electrons. The van der Waals surface area contributed by atoms with Gasteiger partial charge in [0.1, 0.15) is 0 Å². The quantitative estimate of drug-likeness (QED) is 0.721. The SMILES string of the molecule is C[C@H](Sc1nnc(Nc2cccc(Cl)c2)s1)C(=O)NC1CCCC1. The zero-order valence-corrected chi connectivity index (χ0v) is 15.7. The van der Waals surface area contributed by atoms with Gasteiger partial charge in [-0.2, -0.15) is 0 Å². The summed E-state index contributed by atoms with van der Waals surface area (Å²) < 4.78 is 0.772. The molecule has 1 heterocycles. The van der Waals surface area contributed by atoms with Crippen molar-refractivity contribution in [3.63, 3.8) is 0 Å². The van der Waals surface area contributed by atoms with Crippen molar-refractivity contribution in [2.45, 2.75) is 48.2 Å². The van der Waals surface area contributed by atoms with Gasteiger partial charge >= 0.3 is 0 Å². The largest absolute Gasteiger partial charge is 0.352 e. The van der Waals surface area contributed by atoms with Crippen molar-refractivity contribution >= 4 is 51.4 Å². The van der Waals surface area contributed by atoms with Gasteiger partial charge in [0, 0.05) is 16.8 Å². The summed E-state index contributed by atoms with van der Waals surface area (Å²) >= 11 is 8.83. The van der Waals surface area contributed by atoms with Crippen molar-refractivity contribution in [1.82, 2.24) is 15.5 Å². The highest BCUT2D eigenvalue weighted by Gasteiger charge is 2.22. The second-order valence-corrected chi connectivity index (χ2v) is 8.76. The predicted octanol–water partition coefficient (Wildman–Crippen LogP) is 4.47. The van der Waals surface area contributed by atoms with Crippen molar-refractivity contribution in [3.8, 4) is 0 Å². The molecule has 1 aliphatic carbocycles. The van der Waals surface area contributed by atoms with Crippen LogP contribution in [0.25, 0.3) is 0 Å². The Labute approximate surface area is 154 Å². The average Bonchev–Trinajstić information content (AvgIpc) is 3.19. The fraction of sp³-hybridized carbons (Fsp3) is 0.438. The van der Waals surface area contributed by atoms with Gasteiger partial charge in [-0.15, -0.1) is 10.2 Å². The Morgan fingerprint density at radius 2 is 2.17 bits per heavy atom. The second kappa shape index (κ2) is 8.18. The van der Waals surface area contributed by atoms with Gasteiger partial charge in [-0.1, -0.05) is 53.6 Å². The third-order valence-corrected chi connectivity index (χ3v) is 6.09. The molecule has 1 aromatic heterocycles. The van der Waals surface area contributed by atoms with Gasteiger partial charge in [-0.25, -0.2) is 0 Å². The zero-order chi connectivity index (χ0) is 16.9. The van der Waals surface area contributed by atoms with E-state index in [1.807, 2.05) is 31.2 Å². The number of aromatic nitrogens is 2. The molecule has 0 aliphatic heterocycles. The first kappa shape index (κ1) is 17.5. The van der Waals surface area contributed by atoms with Gasteiger partial charge in [-0.3, -0.25) is 4.79 Å². The van der Waals surface area contributed by atoms with Gasteiger partial charge in [0.05, 0.1) is 5.25 Å². The van der Waals surface area contributed by atoms with Gasteiger partial charge in [0.15, 0.2) is 4.34 Å². The van der Waals surface area contributed by atoms with Gasteiger partial charge in [0.25, 0.3) is 0 Å². The van der Waals surface area contributed by atoms with E-state index in [1.54, 1.807) is 0 Å². The van der Waals surface area contributed by atoms with Crippen LogP contribution in [-0.2, 0) is 4.79 Å². The topological polar surface area (TPSA) is 66.9 Å². The minimum atomic E-state index is -0.183. The number of carbonyl (C=O) groups is 1. The Morgan fingerprint density at radius 3 is 2.92 bits per heavy atom. The molecule has 2 aromatic rings. The molecule has 1 fully saturated rings. The smallest absolute Gasteiger partial charge is 0.233 e. The molecule has 1 atom stereocenters. The lowest BCUT2D eigenvalue weighted by atomic mass is 10.2. The number of amides is 1. The predicted molar refractivity (Wildman–Crippen MR) is 100 cm³/mol. The molecule has 1 aromatic carbocycles. The molecule has 24 heavy (non-hydrogen) atoms. The molecule has 1 amide bonds. The summed E-state index contributed by atoms with van der Waals surface area (Å²) in [6.45, 7) is 1.90. The number of nitrogens with one attached hydrogen (secondary N) is 2. The van der Waals surface area contributed by atoms with Crippen LogP contribution in [0, 0.1) is 0 Å². The molecule has 0 unspecified atom stereocenters. The third kappa shape index (κ3) is 4.84. The number of hydrogen-bond donors (Lipinski definition) is 2. The number of carbonyl (C=O) groups excluding carboxylic acids is 1. The molecule has 128 valence electrons. The Bertz CT molecular complexity index is 703. The average molecular weight is 383 g/mol. The fourth-order valence-electron chi connectivity index (χ4n) is 2.59. The second-order valence-electron chi connectivity index (χ2n) is 5.76. The maximum Gasteiger partial charge on any atom is 0.233 e. The van der Waals surface area contributed by atoms with E-state index >= 15 is 0 Å². The van der Waals surface area contributed by atoms with Crippen LogP contribution in [0.4, 0.5) is 10.8 Å². The lowest BCUT2D eigenvalue weighted by Gasteiger charge is -2.15. The van der Waals surface area contributed by atoms with Crippen LogP contribution >= 0.6 is 34.7 Å². The number of anilines is 2. The summed E-state index contributed by atoms with van der Waals surface area (Å²) in [4.78, 5) is 12.2. The molecule has 8 heteroatoms. The Kier molecular flexibility index (Phi) is 5.97. The van der Waals surface area contributed by atoms with E-state index in [-0.39, 0.29) is 11.2 Å². The van der Waals surface area contributed by atoms with Crippen LogP contribution in [0.2, 0.25) is 5.02 Å². The van der Waals surface area contributed by atoms with Crippen LogP contribution in [0.15, 0.2) is 28.6 Å². The highest BCUT2D eigenvalue weighted by Crippen LogP contribution is 2.31. The maximum atomic E-state index is 12.2. The molecular weight excluding hydrogens is 364 g/mol. The highest BCUT2D eigenvalue weighted by atomic mass is 35.5. The molecule has 1 saturated carbocycles. The lowest BCUT2D eigenvalue weighted by molar-refractivity contribution is -0.120. The molecule has 0 saturated heterocycles. The molecule has 3 rings (SSSR count). The van der Waals surface area contributed by atoms with Crippen LogP contribution in [0.5, 0.6) is 0 Å². The standard InChI is InChI=1S/C16H19ClN4OS2/c1-10(14(22)18-12-6-2-3-7-12)23-16-21-20-15(24-16)19-13-8-4-5-11(17)9-13/h4-5,8-10,12H,2-3,6-7H2,1H3,(H,18,22)(H,19,20)/t10-/m0/s1. The first-order chi connectivity index (χ1) is 11.6. The Balaban J connectivity index is 1.54. The third-order valence-electron chi connectivity index (χ3n) is 3.83. The van der Waals surface area contributed by atoms with E-state index in [0.29, 0.717) is 16.2 Å². The van der Waals surface area contributed by atoms with E-state index in [1.165, 1.54) is 35.9 Å². The maximum absolute atomic E-state index is 12.2.